The van der Waals surface area contributed by atoms with Gasteiger partial charge in [0.05, 0.1) is 12.2 Å². The van der Waals surface area contributed by atoms with Crippen molar-refractivity contribution in [2.45, 2.75) is 65.2 Å². The molecule has 2 rings (SSSR count). The van der Waals surface area contributed by atoms with Crippen LogP contribution in [-0.2, 0) is 4.79 Å². The number of nitrogens with one attached hydrogen (secondary N) is 1. The summed E-state index contributed by atoms with van der Waals surface area (Å²) < 4.78 is 0. The number of nitrogens with zero attached hydrogens (tertiary/aromatic N) is 2. The SMILES string of the molecule is CCC(C)C1NC(C(C)C)N(CC2CCCN2C)C1=O. The Morgan fingerprint density at radius 2 is 2.05 bits per heavy atom. The van der Waals surface area contributed by atoms with E-state index < -0.39 is 0 Å². The van der Waals surface area contributed by atoms with Crippen molar-refractivity contribution in [3.05, 3.63) is 0 Å². The lowest BCUT2D eigenvalue weighted by molar-refractivity contribution is -0.132. The van der Waals surface area contributed by atoms with Gasteiger partial charge in [0.1, 0.15) is 0 Å². The van der Waals surface area contributed by atoms with E-state index in [1.807, 2.05) is 0 Å². The maximum absolute atomic E-state index is 12.8. The van der Waals surface area contributed by atoms with E-state index in [0.717, 1.165) is 13.0 Å². The zero-order valence-electron chi connectivity index (χ0n) is 13.7. The van der Waals surface area contributed by atoms with Crippen LogP contribution in [0.4, 0.5) is 0 Å². The van der Waals surface area contributed by atoms with E-state index in [-0.39, 0.29) is 12.2 Å². The molecule has 0 radical (unpaired) electrons. The van der Waals surface area contributed by atoms with E-state index in [1.54, 1.807) is 0 Å². The summed E-state index contributed by atoms with van der Waals surface area (Å²) >= 11 is 0. The Bertz CT molecular complexity index is 345. The van der Waals surface area contributed by atoms with Crippen LogP contribution in [0.5, 0.6) is 0 Å². The molecule has 2 aliphatic rings. The van der Waals surface area contributed by atoms with Gasteiger partial charge in [-0.05, 0) is 38.3 Å². The highest BCUT2D eigenvalue weighted by Gasteiger charge is 2.43. The van der Waals surface area contributed by atoms with Gasteiger partial charge >= 0.3 is 0 Å². The van der Waals surface area contributed by atoms with Crippen molar-refractivity contribution in [1.82, 2.24) is 15.1 Å². The molecule has 1 amide bonds. The smallest absolute Gasteiger partial charge is 0.241 e. The monoisotopic (exact) mass is 281 g/mol. The van der Waals surface area contributed by atoms with Gasteiger partial charge in [-0.15, -0.1) is 0 Å². The highest BCUT2D eigenvalue weighted by Crippen LogP contribution is 2.26. The van der Waals surface area contributed by atoms with Gasteiger partial charge in [0, 0.05) is 12.6 Å². The number of hydrogen-bond acceptors (Lipinski definition) is 3. The van der Waals surface area contributed by atoms with Crippen molar-refractivity contribution in [3.8, 4) is 0 Å². The summed E-state index contributed by atoms with van der Waals surface area (Å²) in [6.45, 7) is 10.8. The van der Waals surface area contributed by atoms with Crippen LogP contribution in [0.25, 0.3) is 0 Å². The second-order valence-corrected chi connectivity index (χ2v) is 6.99. The first-order chi connectivity index (χ1) is 9.45. The molecule has 2 heterocycles. The van der Waals surface area contributed by atoms with Crippen LogP contribution in [0.3, 0.4) is 0 Å². The summed E-state index contributed by atoms with van der Waals surface area (Å²) in [4.78, 5) is 17.3. The third-order valence-corrected chi connectivity index (χ3v) is 5.16. The van der Waals surface area contributed by atoms with Gasteiger partial charge in [-0.1, -0.05) is 34.1 Å². The molecule has 0 aliphatic carbocycles. The molecule has 20 heavy (non-hydrogen) atoms. The summed E-state index contributed by atoms with van der Waals surface area (Å²) in [5.74, 6) is 1.19. The zero-order chi connectivity index (χ0) is 14.9. The van der Waals surface area contributed by atoms with Crippen molar-refractivity contribution >= 4 is 5.91 Å². The van der Waals surface area contributed by atoms with Gasteiger partial charge in [0.2, 0.25) is 5.91 Å². The van der Waals surface area contributed by atoms with Crippen molar-refractivity contribution in [2.75, 3.05) is 20.1 Å². The third kappa shape index (κ3) is 3.01. The topological polar surface area (TPSA) is 35.6 Å². The van der Waals surface area contributed by atoms with Gasteiger partial charge in [0.15, 0.2) is 0 Å². The molecule has 0 saturated carbocycles. The van der Waals surface area contributed by atoms with Crippen LogP contribution in [0.2, 0.25) is 0 Å². The van der Waals surface area contributed by atoms with Crippen LogP contribution in [0.15, 0.2) is 0 Å². The van der Waals surface area contributed by atoms with Gasteiger partial charge in [0.25, 0.3) is 0 Å². The Hall–Kier alpha value is -0.610. The van der Waals surface area contributed by atoms with Crippen molar-refractivity contribution < 1.29 is 4.79 Å². The minimum absolute atomic E-state index is 0.0131. The number of likely N-dealkylation sites (N-methyl/N-ethyl adjacent to an activating group) is 1. The Balaban J connectivity index is 2.09. The molecule has 0 bridgehead atoms. The lowest BCUT2D eigenvalue weighted by Crippen LogP contribution is -2.47. The summed E-state index contributed by atoms with van der Waals surface area (Å²) in [5.41, 5.74) is 0. The Morgan fingerprint density at radius 1 is 1.35 bits per heavy atom. The summed E-state index contributed by atoms with van der Waals surface area (Å²) in [7, 11) is 2.18. The van der Waals surface area contributed by atoms with Gasteiger partial charge in [-0.2, -0.15) is 0 Å². The minimum atomic E-state index is 0.0131. The molecule has 2 fully saturated rings. The fourth-order valence-corrected chi connectivity index (χ4v) is 3.50. The molecule has 4 nitrogen and oxygen atoms in total. The normalized spacial score (nSPS) is 33.4. The second-order valence-electron chi connectivity index (χ2n) is 6.99. The average Bonchev–Trinajstić information content (AvgIpc) is 2.95. The van der Waals surface area contributed by atoms with Crippen LogP contribution >= 0.6 is 0 Å². The summed E-state index contributed by atoms with van der Waals surface area (Å²) in [5, 5.41) is 3.59. The molecule has 2 saturated heterocycles. The van der Waals surface area contributed by atoms with Crippen LogP contribution < -0.4 is 5.32 Å². The molecule has 4 atom stereocenters. The average molecular weight is 281 g/mol. The van der Waals surface area contributed by atoms with E-state index in [9.17, 15) is 4.79 Å². The van der Waals surface area contributed by atoms with E-state index in [4.69, 9.17) is 0 Å². The van der Waals surface area contributed by atoms with E-state index in [2.05, 4.69) is 49.9 Å². The quantitative estimate of drug-likeness (QED) is 0.836. The van der Waals surface area contributed by atoms with Crippen molar-refractivity contribution in [3.63, 3.8) is 0 Å². The highest BCUT2D eigenvalue weighted by molar-refractivity contribution is 5.84. The first kappa shape index (κ1) is 15.8. The van der Waals surface area contributed by atoms with E-state index in [0.29, 0.717) is 23.8 Å². The fourth-order valence-electron chi connectivity index (χ4n) is 3.50. The van der Waals surface area contributed by atoms with Gasteiger partial charge < -0.3 is 9.80 Å². The molecule has 116 valence electrons. The number of carbonyl (C=O) groups is 1. The number of likely N-dealkylation sites (tertiary alicyclic amines) is 1. The third-order valence-electron chi connectivity index (χ3n) is 5.16. The summed E-state index contributed by atoms with van der Waals surface area (Å²) in [6, 6.07) is 0.553. The molecule has 2 aliphatic heterocycles. The van der Waals surface area contributed by atoms with Gasteiger partial charge in [-0.25, -0.2) is 0 Å². The largest absolute Gasteiger partial charge is 0.324 e. The molecule has 0 spiro atoms. The standard InChI is InChI=1S/C16H31N3O/c1-6-12(4)14-16(20)19(15(17-14)11(2)3)10-13-8-7-9-18(13)5/h11-15,17H,6-10H2,1-5H3. The number of carbonyl (C=O) groups excluding carboxylic acids is 1. The van der Waals surface area contributed by atoms with Crippen molar-refractivity contribution in [2.24, 2.45) is 11.8 Å². The molecular weight excluding hydrogens is 250 g/mol. The number of rotatable bonds is 5. The lowest BCUT2D eigenvalue weighted by Gasteiger charge is -2.31. The van der Waals surface area contributed by atoms with E-state index in [1.165, 1.54) is 19.4 Å². The predicted molar refractivity (Wildman–Crippen MR) is 82.4 cm³/mol. The van der Waals surface area contributed by atoms with E-state index >= 15 is 0 Å². The fraction of sp³-hybridized carbons (Fsp3) is 0.938. The maximum atomic E-state index is 12.8. The lowest BCUT2D eigenvalue weighted by atomic mass is 9.99. The molecule has 0 aromatic carbocycles. The van der Waals surface area contributed by atoms with Crippen LogP contribution in [0, 0.1) is 11.8 Å². The van der Waals surface area contributed by atoms with Crippen LogP contribution in [-0.4, -0.2) is 54.1 Å². The Morgan fingerprint density at radius 3 is 2.55 bits per heavy atom. The molecule has 1 N–H and O–H groups in total. The first-order valence-corrected chi connectivity index (χ1v) is 8.22. The Kier molecular flexibility index (Phi) is 5.08. The van der Waals surface area contributed by atoms with Gasteiger partial charge in [-0.3, -0.25) is 10.1 Å². The first-order valence-electron chi connectivity index (χ1n) is 8.22. The molecular formula is C16H31N3O. The number of amides is 1. The highest BCUT2D eigenvalue weighted by atomic mass is 16.2. The Labute approximate surface area is 123 Å². The molecule has 4 unspecified atom stereocenters. The second kappa shape index (κ2) is 6.44. The maximum Gasteiger partial charge on any atom is 0.241 e. The zero-order valence-corrected chi connectivity index (χ0v) is 13.7. The van der Waals surface area contributed by atoms with Crippen LogP contribution in [0.1, 0.15) is 47.0 Å². The molecule has 0 aromatic rings. The number of hydrogen-bond donors (Lipinski definition) is 1. The predicted octanol–water partition coefficient (Wildman–Crippen LogP) is 1.91. The van der Waals surface area contributed by atoms with Crippen molar-refractivity contribution in [1.29, 1.82) is 0 Å². The molecule has 0 aromatic heterocycles. The summed E-state index contributed by atoms with van der Waals surface area (Å²) in [6.07, 6.45) is 3.73. The minimum Gasteiger partial charge on any atom is -0.324 e. The molecule has 4 heteroatoms.